The van der Waals surface area contributed by atoms with Gasteiger partial charge in [-0.15, -0.1) is 0 Å². The molecule has 0 bridgehead atoms. The molecule has 0 spiro atoms. The lowest BCUT2D eigenvalue weighted by atomic mass is 10.1. The maximum absolute atomic E-state index is 12.9. The third-order valence-electron chi connectivity index (χ3n) is 2.59. The van der Waals surface area contributed by atoms with Crippen molar-refractivity contribution in [2.75, 3.05) is 20.1 Å². The van der Waals surface area contributed by atoms with Crippen molar-refractivity contribution < 1.29 is 8.78 Å². The molecule has 0 aliphatic carbocycles. The number of hydrogen-bond donors (Lipinski definition) is 0. The van der Waals surface area contributed by atoms with E-state index < -0.39 is 11.6 Å². The number of likely N-dealkylation sites (N-methyl/N-ethyl adjacent to an activating group) is 1. The molecule has 0 saturated heterocycles. The SMILES string of the molecule is CN(CCCC#N)CCc1ccc(F)c(F)c1. The standard InChI is InChI=1S/C13H16F2N2/c1-17(8-3-2-7-16)9-6-11-4-5-12(14)13(15)10-11/h4-5,10H,2-3,6,8-9H2,1H3. The molecule has 0 unspecified atom stereocenters. The summed E-state index contributed by atoms with van der Waals surface area (Å²) in [5.41, 5.74) is 0.788. The van der Waals surface area contributed by atoms with Crippen molar-refractivity contribution in [3.05, 3.63) is 35.4 Å². The molecule has 92 valence electrons. The van der Waals surface area contributed by atoms with Crippen LogP contribution < -0.4 is 0 Å². The summed E-state index contributed by atoms with van der Waals surface area (Å²) in [5.74, 6) is -1.61. The van der Waals surface area contributed by atoms with Crippen molar-refractivity contribution in [2.24, 2.45) is 0 Å². The monoisotopic (exact) mass is 238 g/mol. The fourth-order valence-corrected chi connectivity index (χ4v) is 1.55. The van der Waals surface area contributed by atoms with Gasteiger partial charge < -0.3 is 4.90 Å². The van der Waals surface area contributed by atoms with E-state index in [4.69, 9.17) is 5.26 Å². The van der Waals surface area contributed by atoms with Gasteiger partial charge in [-0.1, -0.05) is 6.07 Å². The first-order chi connectivity index (χ1) is 8.13. The highest BCUT2D eigenvalue weighted by molar-refractivity contribution is 5.18. The van der Waals surface area contributed by atoms with Crippen LogP contribution in [0.3, 0.4) is 0 Å². The zero-order chi connectivity index (χ0) is 12.7. The molecule has 0 fully saturated rings. The van der Waals surface area contributed by atoms with Crippen molar-refractivity contribution in [3.63, 3.8) is 0 Å². The van der Waals surface area contributed by atoms with E-state index >= 15 is 0 Å². The number of halogens is 2. The van der Waals surface area contributed by atoms with Gasteiger partial charge in [-0.25, -0.2) is 8.78 Å². The molecular weight excluding hydrogens is 222 g/mol. The molecule has 17 heavy (non-hydrogen) atoms. The number of nitriles is 1. The smallest absolute Gasteiger partial charge is 0.159 e. The number of nitrogens with zero attached hydrogens (tertiary/aromatic N) is 2. The van der Waals surface area contributed by atoms with Crippen LogP contribution in [0, 0.1) is 23.0 Å². The van der Waals surface area contributed by atoms with Crippen LogP contribution in [0.5, 0.6) is 0 Å². The Kier molecular flexibility index (Phi) is 5.58. The zero-order valence-electron chi connectivity index (χ0n) is 9.92. The van der Waals surface area contributed by atoms with Gasteiger partial charge in [0.15, 0.2) is 11.6 Å². The maximum atomic E-state index is 12.9. The molecule has 0 radical (unpaired) electrons. The van der Waals surface area contributed by atoms with Gasteiger partial charge >= 0.3 is 0 Å². The molecule has 0 heterocycles. The molecule has 1 aromatic carbocycles. The summed E-state index contributed by atoms with van der Waals surface area (Å²) in [6, 6.07) is 6.08. The van der Waals surface area contributed by atoms with E-state index in [1.54, 1.807) is 6.07 Å². The predicted octanol–water partition coefficient (Wildman–Crippen LogP) is 2.74. The second-order valence-electron chi connectivity index (χ2n) is 4.06. The summed E-state index contributed by atoms with van der Waals surface area (Å²) >= 11 is 0. The van der Waals surface area contributed by atoms with Crippen molar-refractivity contribution >= 4 is 0 Å². The topological polar surface area (TPSA) is 27.0 Å². The van der Waals surface area contributed by atoms with Gasteiger partial charge in [0.25, 0.3) is 0 Å². The fraction of sp³-hybridized carbons (Fsp3) is 0.462. The zero-order valence-corrected chi connectivity index (χ0v) is 9.92. The predicted molar refractivity (Wildman–Crippen MR) is 62.4 cm³/mol. The van der Waals surface area contributed by atoms with E-state index in [2.05, 4.69) is 11.0 Å². The van der Waals surface area contributed by atoms with Crippen molar-refractivity contribution in [1.29, 1.82) is 5.26 Å². The Morgan fingerprint density at radius 3 is 2.65 bits per heavy atom. The first-order valence-corrected chi connectivity index (χ1v) is 5.63. The minimum absolute atomic E-state index is 0.551. The molecule has 0 N–H and O–H groups in total. The molecular formula is C13H16F2N2. The van der Waals surface area contributed by atoms with Crippen molar-refractivity contribution in [1.82, 2.24) is 4.90 Å². The van der Waals surface area contributed by atoms with Crippen LogP contribution >= 0.6 is 0 Å². The normalized spacial score (nSPS) is 10.5. The van der Waals surface area contributed by atoms with Gasteiger partial charge in [0.2, 0.25) is 0 Å². The molecule has 0 saturated carbocycles. The van der Waals surface area contributed by atoms with Gasteiger partial charge in [-0.3, -0.25) is 0 Å². The summed E-state index contributed by atoms with van der Waals surface area (Å²) < 4.78 is 25.6. The minimum atomic E-state index is -0.809. The number of unbranched alkanes of at least 4 members (excludes halogenated alkanes) is 1. The molecule has 0 aliphatic rings. The molecule has 0 aromatic heterocycles. The quantitative estimate of drug-likeness (QED) is 0.712. The summed E-state index contributed by atoms with van der Waals surface area (Å²) in [7, 11) is 1.96. The molecule has 4 heteroatoms. The third kappa shape index (κ3) is 4.92. The molecule has 1 rings (SSSR count). The summed E-state index contributed by atoms with van der Waals surface area (Å²) in [6.45, 7) is 1.62. The first kappa shape index (κ1) is 13.6. The van der Waals surface area contributed by atoms with E-state index in [1.807, 2.05) is 7.05 Å². The molecule has 1 aromatic rings. The highest BCUT2D eigenvalue weighted by Gasteiger charge is 2.04. The lowest BCUT2D eigenvalue weighted by Crippen LogP contribution is -2.22. The summed E-state index contributed by atoms with van der Waals surface area (Å²) in [4.78, 5) is 2.08. The lowest BCUT2D eigenvalue weighted by molar-refractivity contribution is 0.335. The Morgan fingerprint density at radius 2 is 2.00 bits per heavy atom. The Morgan fingerprint density at radius 1 is 1.24 bits per heavy atom. The van der Waals surface area contributed by atoms with Crippen LogP contribution in [0.25, 0.3) is 0 Å². The number of benzene rings is 1. The van der Waals surface area contributed by atoms with Crippen molar-refractivity contribution in [3.8, 4) is 6.07 Å². The van der Waals surface area contributed by atoms with Gasteiger partial charge in [0.1, 0.15) is 0 Å². The van der Waals surface area contributed by atoms with Crippen LogP contribution in [0.15, 0.2) is 18.2 Å². The first-order valence-electron chi connectivity index (χ1n) is 5.63. The largest absolute Gasteiger partial charge is 0.306 e. The molecule has 0 aliphatic heterocycles. The summed E-state index contributed by atoms with van der Waals surface area (Å²) in [5, 5.41) is 8.40. The van der Waals surface area contributed by atoms with E-state index in [1.165, 1.54) is 6.07 Å². The molecule has 2 nitrogen and oxygen atoms in total. The van der Waals surface area contributed by atoms with Gasteiger partial charge in [-0.2, -0.15) is 5.26 Å². The highest BCUT2D eigenvalue weighted by atomic mass is 19.2. The van der Waals surface area contributed by atoms with Crippen LogP contribution in [-0.4, -0.2) is 25.0 Å². The molecule has 0 amide bonds. The Hall–Kier alpha value is -1.47. The fourth-order valence-electron chi connectivity index (χ4n) is 1.55. The van der Waals surface area contributed by atoms with Crippen LogP contribution in [0.1, 0.15) is 18.4 Å². The minimum Gasteiger partial charge on any atom is -0.306 e. The summed E-state index contributed by atoms with van der Waals surface area (Å²) in [6.07, 6.45) is 2.07. The second kappa shape index (κ2) is 6.97. The second-order valence-corrected chi connectivity index (χ2v) is 4.06. The highest BCUT2D eigenvalue weighted by Crippen LogP contribution is 2.09. The van der Waals surface area contributed by atoms with Gasteiger partial charge in [0, 0.05) is 13.0 Å². The average molecular weight is 238 g/mol. The Labute approximate surface area is 100 Å². The van der Waals surface area contributed by atoms with E-state index in [0.29, 0.717) is 12.8 Å². The van der Waals surface area contributed by atoms with Crippen LogP contribution in [0.2, 0.25) is 0 Å². The van der Waals surface area contributed by atoms with Gasteiger partial charge in [0.05, 0.1) is 6.07 Å². The van der Waals surface area contributed by atoms with Crippen LogP contribution in [0.4, 0.5) is 8.78 Å². The third-order valence-corrected chi connectivity index (χ3v) is 2.59. The Bertz CT molecular complexity index is 399. The average Bonchev–Trinajstić information content (AvgIpc) is 2.31. The van der Waals surface area contributed by atoms with E-state index in [9.17, 15) is 8.78 Å². The maximum Gasteiger partial charge on any atom is 0.159 e. The van der Waals surface area contributed by atoms with Crippen molar-refractivity contribution in [2.45, 2.75) is 19.3 Å². The van der Waals surface area contributed by atoms with Crippen LogP contribution in [-0.2, 0) is 6.42 Å². The van der Waals surface area contributed by atoms with Gasteiger partial charge in [-0.05, 0) is 44.1 Å². The number of rotatable bonds is 6. The number of hydrogen-bond acceptors (Lipinski definition) is 2. The van der Waals surface area contributed by atoms with E-state index in [0.717, 1.165) is 31.1 Å². The van der Waals surface area contributed by atoms with E-state index in [-0.39, 0.29) is 0 Å². The molecule has 0 atom stereocenters. The lowest BCUT2D eigenvalue weighted by Gasteiger charge is -2.15. The Balaban J connectivity index is 2.34.